The lowest BCUT2D eigenvalue weighted by Gasteiger charge is -2.27. The molecule has 2 heterocycles. The molecule has 1 fully saturated rings. The van der Waals surface area contributed by atoms with Crippen molar-refractivity contribution < 1.29 is 19.4 Å². The van der Waals surface area contributed by atoms with Gasteiger partial charge in [0.1, 0.15) is 0 Å². The molecule has 1 N–H and O–H groups in total. The molecule has 4 rings (SSSR count). The van der Waals surface area contributed by atoms with E-state index in [-0.39, 0.29) is 30.9 Å². The second-order valence-corrected chi connectivity index (χ2v) is 7.27. The molecule has 27 heavy (non-hydrogen) atoms. The first-order valence-corrected chi connectivity index (χ1v) is 9.38. The van der Waals surface area contributed by atoms with E-state index in [1.54, 1.807) is 4.90 Å². The van der Waals surface area contributed by atoms with Crippen molar-refractivity contribution in [2.24, 2.45) is 5.92 Å². The molecular formula is C22H23NO4. The number of hydrogen-bond acceptors (Lipinski definition) is 3. The summed E-state index contributed by atoms with van der Waals surface area (Å²) in [4.78, 5) is 26.4. The number of benzene rings is 2. The van der Waals surface area contributed by atoms with E-state index in [4.69, 9.17) is 4.74 Å². The highest BCUT2D eigenvalue weighted by Crippen LogP contribution is 2.35. The highest BCUT2D eigenvalue weighted by Gasteiger charge is 2.41. The zero-order valence-corrected chi connectivity index (χ0v) is 15.1. The first-order valence-electron chi connectivity index (χ1n) is 9.38. The first-order chi connectivity index (χ1) is 13.1. The van der Waals surface area contributed by atoms with Crippen LogP contribution in [0, 0.1) is 5.92 Å². The summed E-state index contributed by atoms with van der Waals surface area (Å²) in [6, 6.07) is 17.7. The molecule has 0 aliphatic carbocycles. The lowest BCUT2D eigenvalue weighted by atomic mass is 9.89. The highest BCUT2D eigenvalue weighted by molar-refractivity contribution is 5.80. The van der Waals surface area contributed by atoms with Gasteiger partial charge in [0, 0.05) is 19.0 Å². The summed E-state index contributed by atoms with van der Waals surface area (Å²) in [5, 5.41) is 9.63. The van der Waals surface area contributed by atoms with Gasteiger partial charge in [-0.05, 0) is 23.1 Å². The van der Waals surface area contributed by atoms with Crippen molar-refractivity contribution in [2.45, 2.75) is 24.9 Å². The number of amides is 1. The SMILES string of the molecule is O=C(O)C1CN(C(=O)CC2OCCc3ccccc32)CC1c1ccccc1. The van der Waals surface area contributed by atoms with Crippen molar-refractivity contribution in [1.29, 1.82) is 0 Å². The van der Waals surface area contributed by atoms with Crippen LogP contribution >= 0.6 is 0 Å². The lowest BCUT2D eigenvalue weighted by Crippen LogP contribution is -2.32. The molecule has 3 atom stereocenters. The number of ether oxygens (including phenoxy) is 1. The second kappa shape index (κ2) is 7.53. The Morgan fingerprint density at radius 1 is 1.04 bits per heavy atom. The predicted octanol–water partition coefficient (Wildman–Crippen LogP) is 3.02. The Bertz CT molecular complexity index is 835. The van der Waals surface area contributed by atoms with Crippen LogP contribution in [0.5, 0.6) is 0 Å². The van der Waals surface area contributed by atoms with Crippen LogP contribution in [-0.2, 0) is 20.7 Å². The Morgan fingerprint density at radius 3 is 2.56 bits per heavy atom. The molecule has 5 heteroatoms. The van der Waals surface area contributed by atoms with E-state index in [9.17, 15) is 14.7 Å². The predicted molar refractivity (Wildman–Crippen MR) is 100 cm³/mol. The van der Waals surface area contributed by atoms with Crippen LogP contribution < -0.4 is 0 Å². The quantitative estimate of drug-likeness (QED) is 0.904. The summed E-state index contributed by atoms with van der Waals surface area (Å²) < 4.78 is 5.86. The molecule has 0 bridgehead atoms. The summed E-state index contributed by atoms with van der Waals surface area (Å²) in [6.45, 7) is 1.30. The molecule has 0 aromatic heterocycles. The van der Waals surface area contributed by atoms with Crippen molar-refractivity contribution in [3.8, 4) is 0 Å². The Morgan fingerprint density at radius 2 is 1.78 bits per heavy atom. The number of fused-ring (bicyclic) bond motifs is 1. The maximum atomic E-state index is 12.9. The molecular weight excluding hydrogens is 342 g/mol. The summed E-state index contributed by atoms with van der Waals surface area (Å²) in [5.74, 6) is -1.64. The standard InChI is InChI=1S/C22H23NO4/c24-21(12-20-17-9-5-4-8-16(17)10-11-27-20)23-13-18(19(14-23)22(25)26)15-6-2-1-3-7-15/h1-9,18-20H,10-14H2,(H,25,26). The molecule has 5 nitrogen and oxygen atoms in total. The summed E-state index contributed by atoms with van der Waals surface area (Å²) in [6.07, 6.45) is 0.869. The van der Waals surface area contributed by atoms with Gasteiger partial charge in [-0.15, -0.1) is 0 Å². The molecule has 2 aliphatic heterocycles. The third-order valence-electron chi connectivity index (χ3n) is 5.67. The fraction of sp³-hybridized carbons (Fsp3) is 0.364. The molecule has 3 unspecified atom stereocenters. The van der Waals surface area contributed by atoms with Gasteiger partial charge in [0.15, 0.2) is 0 Å². The van der Waals surface area contributed by atoms with Gasteiger partial charge in [-0.2, -0.15) is 0 Å². The van der Waals surface area contributed by atoms with E-state index in [1.165, 1.54) is 5.56 Å². The smallest absolute Gasteiger partial charge is 0.308 e. The van der Waals surface area contributed by atoms with Gasteiger partial charge in [0.25, 0.3) is 0 Å². The maximum absolute atomic E-state index is 12.9. The Hall–Kier alpha value is -2.66. The number of hydrogen-bond donors (Lipinski definition) is 1. The van der Waals surface area contributed by atoms with Crippen LogP contribution in [-0.4, -0.2) is 41.6 Å². The minimum atomic E-state index is -0.849. The van der Waals surface area contributed by atoms with Crippen LogP contribution in [0.15, 0.2) is 54.6 Å². The van der Waals surface area contributed by atoms with Crippen LogP contribution in [0.1, 0.15) is 35.1 Å². The number of rotatable bonds is 4. The van der Waals surface area contributed by atoms with E-state index >= 15 is 0 Å². The second-order valence-electron chi connectivity index (χ2n) is 7.27. The molecule has 2 aromatic rings. The molecule has 0 radical (unpaired) electrons. The van der Waals surface area contributed by atoms with Gasteiger partial charge < -0.3 is 14.7 Å². The Labute approximate surface area is 158 Å². The number of carboxylic acid groups (broad SMARTS) is 1. The normalized spacial score (nSPS) is 24.4. The van der Waals surface area contributed by atoms with E-state index in [0.29, 0.717) is 13.2 Å². The number of carboxylic acids is 1. The monoisotopic (exact) mass is 365 g/mol. The average Bonchev–Trinajstić information content (AvgIpc) is 3.15. The van der Waals surface area contributed by atoms with Crippen molar-refractivity contribution >= 4 is 11.9 Å². The van der Waals surface area contributed by atoms with Gasteiger partial charge >= 0.3 is 5.97 Å². The summed E-state index contributed by atoms with van der Waals surface area (Å²) >= 11 is 0. The van der Waals surface area contributed by atoms with Gasteiger partial charge in [0.2, 0.25) is 5.91 Å². The van der Waals surface area contributed by atoms with Gasteiger partial charge in [0.05, 0.1) is 25.0 Å². The molecule has 2 aromatic carbocycles. The van der Waals surface area contributed by atoms with E-state index < -0.39 is 11.9 Å². The van der Waals surface area contributed by atoms with Crippen molar-refractivity contribution in [3.63, 3.8) is 0 Å². The first kappa shape index (κ1) is 17.7. The number of likely N-dealkylation sites (tertiary alicyclic amines) is 1. The molecule has 1 amide bonds. The van der Waals surface area contributed by atoms with Crippen LogP contribution in [0.25, 0.3) is 0 Å². The Balaban J connectivity index is 1.49. The maximum Gasteiger partial charge on any atom is 0.308 e. The fourth-order valence-electron chi connectivity index (χ4n) is 4.23. The zero-order chi connectivity index (χ0) is 18.8. The number of nitrogens with zero attached hydrogens (tertiary/aromatic N) is 1. The minimum Gasteiger partial charge on any atom is -0.481 e. The van der Waals surface area contributed by atoms with Crippen molar-refractivity contribution in [1.82, 2.24) is 4.90 Å². The number of carbonyl (C=O) groups is 2. The Kier molecular flexibility index (Phi) is 4.94. The summed E-state index contributed by atoms with van der Waals surface area (Å²) in [7, 11) is 0. The van der Waals surface area contributed by atoms with Crippen molar-refractivity contribution in [3.05, 3.63) is 71.3 Å². The van der Waals surface area contributed by atoms with Gasteiger partial charge in [-0.25, -0.2) is 0 Å². The molecule has 2 aliphatic rings. The van der Waals surface area contributed by atoms with Crippen LogP contribution in [0.3, 0.4) is 0 Å². The van der Waals surface area contributed by atoms with Crippen molar-refractivity contribution in [2.75, 3.05) is 19.7 Å². The summed E-state index contributed by atoms with van der Waals surface area (Å²) in [5.41, 5.74) is 3.28. The molecule has 1 saturated heterocycles. The van der Waals surface area contributed by atoms with Gasteiger partial charge in [-0.1, -0.05) is 54.6 Å². The highest BCUT2D eigenvalue weighted by atomic mass is 16.5. The van der Waals surface area contributed by atoms with E-state index in [1.807, 2.05) is 48.5 Å². The van der Waals surface area contributed by atoms with Crippen LogP contribution in [0.2, 0.25) is 0 Å². The topological polar surface area (TPSA) is 66.8 Å². The number of aliphatic carboxylic acids is 1. The molecule has 0 saturated carbocycles. The number of carbonyl (C=O) groups excluding carboxylic acids is 1. The largest absolute Gasteiger partial charge is 0.481 e. The minimum absolute atomic E-state index is 0.0404. The van der Waals surface area contributed by atoms with E-state index in [2.05, 4.69) is 6.07 Å². The van der Waals surface area contributed by atoms with Crippen LogP contribution in [0.4, 0.5) is 0 Å². The third-order valence-corrected chi connectivity index (χ3v) is 5.67. The average molecular weight is 365 g/mol. The molecule has 0 spiro atoms. The lowest BCUT2D eigenvalue weighted by molar-refractivity contribution is -0.142. The third kappa shape index (κ3) is 3.60. The van der Waals surface area contributed by atoms with Gasteiger partial charge in [-0.3, -0.25) is 9.59 Å². The fourth-order valence-corrected chi connectivity index (χ4v) is 4.23. The zero-order valence-electron chi connectivity index (χ0n) is 15.1. The van der Waals surface area contributed by atoms with E-state index in [0.717, 1.165) is 17.5 Å². The molecule has 140 valence electrons.